The molecule has 0 saturated carbocycles. The van der Waals surface area contributed by atoms with Gasteiger partial charge in [0.2, 0.25) is 0 Å². The van der Waals surface area contributed by atoms with Crippen molar-refractivity contribution in [3.63, 3.8) is 0 Å². The van der Waals surface area contributed by atoms with E-state index in [9.17, 15) is 0 Å². The fourth-order valence-electron chi connectivity index (χ4n) is 1.53. The minimum atomic E-state index is 0.715. The average Bonchev–Trinajstić information content (AvgIpc) is 2.33. The number of likely N-dealkylation sites (tertiary alicyclic amines) is 1. The fourth-order valence-corrected chi connectivity index (χ4v) is 1.53. The summed E-state index contributed by atoms with van der Waals surface area (Å²) in [5.41, 5.74) is 3.17. The Labute approximate surface area is 70.1 Å². The van der Waals surface area contributed by atoms with Gasteiger partial charge < -0.3 is 0 Å². The molecule has 0 unspecified atom stereocenters. The van der Waals surface area contributed by atoms with Gasteiger partial charge in [0.1, 0.15) is 0 Å². The maximum Gasteiger partial charge on any atom is 0.0198 e. The Bertz CT molecular complexity index is 164. The number of nitrogens with zero attached hydrogens (tertiary/aromatic N) is 1. The van der Waals surface area contributed by atoms with Gasteiger partial charge in [-0.25, -0.2) is 0 Å². The van der Waals surface area contributed by atoms with Gasteiger partial charge in [0.15, 0.2) is 0 Å². The van der Waals surface area contributed by atoms with Crippen LogP contribution in [0.2, 0.25) is 0 Å². The molecule has 0 radical (unpaired) electrons. The van der Waals surface area contributed by atoms with Gasteiger partial charge in [-0.1, -0.05) is 11.1 Å². The lowest BCUT2D eigenvalue weighted by molar-refractivity contribution is 0.281. The Morgan fingerprint density at radius 3 is 2.27 bits per heavy atom. The van der Waals surface area contributed by atoms with Crippen molar-refractivity contribution >= 4 is 0 Å². The monoisotopic (exact) mass is 153 g/mol. The fraction of sp³-hybridized carbons (Fsp3) is 0.800. The highest BCUT2D eigenvalue weighted by Gasteiger charge is 2.18. The van der Waals surface area contributed by atoms with Gasteiger partial charge in [0.25, 0.3) is 0 Å². The summed E-state index contributed by atoms with van der Waals surface area (Å²) < 4.78 is 0. The molecular weight excluding hydrogens is 134 g/mol. The van der Waals surface area contributed by atoms with Crippen molar-refractivity contribution in [2.45, 2.75) is 40.2 Å². The topological polar surface area (TPSA) is 3.24 Å². The van der Waals surface area contributed by atoms with Crippen LogP contribution >= 0.6 is 0 Å². The molecule has 1 rings (SSSR count). The molecule has 0 aromatic rings. The molecule has 1 fully saturated rings. The van der Waals surface area contributed by atoms with Crippen LogP contribution in [0.25, 0.3) is 0 Å². The van der Waals surface area contributed by atoms with E-state index in [0.29, 0.717) is 6.04 Å². The first-order valence-electron chi connectivity index (χ1n) is 4.50. The highest BCUT2D eigenvalue weighted by atomic mass is 15.2. The molecule has 0 aromatic carbocycles. The highest BCUT2D eigenvalue weighted by molar-refractivity contribution is 5.15. The van der Waals surface area contributed by atoms with Crippen LogP contribution in [-0.2, 0) is 0 Å². The zero-order valence-corrected chi connectivity index (χ0v) is 8.15. The van der Waals surface area contributed by atoms with E-state index in [1.165, 1.54) is 25.1 Å². The largest absolute Gasteiger partial charge is 0.297 e. The summed E-state index contributed by atoms with van der Waals surface area (Å²) in [5, 5.41) is 0. The lowest BCUT2D eigenvalue weighted by Crippen LogP contribution is -2.27. The van der Waals surface area contributed by atoms with Crippen LogP contribution in [0.3, 0.4) is 0 Å². The molecule has 1 saturated heterocycles. The predicted octanol–water partition coefficient (Wildman–Crippen LogP) is 2.44. The van der Waals surface area contributed by atoms with E-state index in [0.717, 1.165) is 0 Å². The molecule has 1 nitrogen and oxygen atoms in total. The molecule has 0 aliphatic carbocycles. The van der Waals surface area contributed by atoms with Crippen molar-refractivity contribution in [1.82, 2.24) is 4.90 Å². The smallest absolute Gasteiger partial charge is 0.0198 e. The first-order chi connectivity index (χ1) is 5.11. The van der Waals surface area contributed by atoms with Crippen molar-refractivity contribution in [1.29, 1.82) is 0 Å². The van der Waals surface area contributed by atoms with Gasteiger partial charge in [0.05, 0.1) is 0 Å². The minimum Gasteiger partial charge on any atom is -0.297 e. The van der Waals surface area contributed by atoms with E-state index in [-0.39, 0.29) is 0 Å². The second kappa shape index (κ2) is 3.40. The number of hydrogen-bond donors (Lipinski definition) is 0. The molecule has 0 amide bonds. The average molecular weight is 153 g/mol. The molecule has 0 spiro atoms. The second-order valence-electron chi connectivity index (χ2n) is 3.92. The molecule has 0 aromatic heterocycles. The van der Waals surface area contributed by atoms with Gasteiger partial charge in [-0.15, -0.1) is 0 Å². The first kappa shape index (κ1) is 8.79. The van der Waals surface area contributed by atoms with Gasteiger partial charge >= 0.3 is 0 Å². The van der Waals surface area contributed by atoms with E-state index in [1.54, 1.807) is 5.57 Å². The van der Waals surface area contributed by atoms with E-state index < -0.39 is 0 Å². The number of rotatable bonds is 1. The molecule has 0 bridgehead atoms. The van der Waals surface area contributed by atoms with E-state index >= 15 is 0 Å². The summed E-state index contributed by atoms with van der Waals surface area (Å²) in [5.74, 6) is 0. The minimum absolute atomic E-state index is 0.715. The van der Waals surface area contributed by atoms with Crippen molar-refractivity contribution in [2.75, 3.05) is 13.1 Å². The molecule has 0 atom stereocenters. The quantitative estimate of drug-likeness (QED) is 0.523. The molecular formula is C10H19N. The summed E-state index contributed by atoms with van der Waals surface area (Å²) in [4.78, 5) is 2.53. The summed E-state index contributed by atoms with van der Waals surface area (Å²) >= 11 is 0. The van der Waals surface area contributed by atoms with Crippen molar-refractivity contribution < 1.29 is 0 Å². The SMILES string of the molecule is CC(C)=C1CCN(C(C)C)C1. The zero-order valence-electron chi connectivity index (χ0n) is 8.15. The van der Waals surface area contributed by atoms with Gasteiger partial charge in [-0.2, -0.15) is 0 Å². The lowest BCUT2D eigenvalue weighted by Gasteiger charge is -2.18. The molecule has 64 valence electrons. The Morgan fingerprint density at radius 1 is 1.36 bits per heavy atom. The third-order valence-corrected chi connectivity index (χ3v) is 2.53. The third kappa shape index (κ3) is 2.06. The Morgan fingerprint density at radius 2 is 2.00 bits per heavy atom. The van der Waals surface area contributed by atoms with E-state index in [4.69, 9.17) is 0 Å². The predicted molar refractivity (Wildman–Crippen MR) is 49.7 cm³/mol. The maximum atomic E-state index is 2.53. The van der Waals surface area contributed by atoms with Gasteiger partial charge in [-0.3, -0.25) is 4.90 Å². The molecule has 1 heteroatoms. The van der Waals surface area contributed by atoms with Crippen LogP contribution in [0.1, 0.15) is 34.1 Å². The van der Waals surface area contributed by atoms with Crippen LogP contribution in [0.5, 0.6) is 0 Å². The molecule has 11 heavy (non-hydrogen) atoms. The van der Waals surface area contributed by atoms with Crippen LogP contribution in [0.15, 0.2) is 11.1 Å². The normalized spacial score (nSPS) is 19.9. The summed E-state index contributed by atoms with van der Waals surface area (Å²) in [6.45, 7) is 11.5. The van der Waals surface area contributed by atoms with Crippen LogP contribution in [-0.4, -0.2) is 24.0 Å². The Kier molecular flexibility index (Phi) is 2.72. The highest BCUT2D eigenvalue weighted by Crippen LogP contribution is 2.20. The maximum absolute atomic E-state index is 2.53. The van der Waals surface area contributed by atoms with Crippen LogP contribution in [0, 0.1) is 0 Å². The van der Waals surface area contributed by atoms with Crippen LogP contribution < -0.4 is 0 Å². The van der Waals surface area contributed by atoms with E-state index in [1.807, 2.05) is 0 Å². The van der Waals surface area contributed by atoms with Crippen molar-refractivity contribution in [3.8, 4) is 0 Å². The molecule has 1 aliphatic heterocycles. The standard InChI is InChI=1S/C10H19N/c1-8(2)10-5-6-11(7-10)9(3)4/h9H,5-7H2,1-4H3. The van der Waals surface area contributed by atoms with Crippen molar-refractivity contribution in [2.24, 2.45) is 0 Å². The lowest BCUT2D eigenvalue weighted by atomic mass is 10.1. The molecule has 1 aliphatic rings. The van der Waals surface area contributed by atoms with Gasteiger partial charge in [-0.05, 0) is 34.1 Å². The van der Waals surface area contributed by atoms with Crippen molar-refractivity contribution in [3.05, 3.63) is 11.1 Å². The number of hydrogen-bond acceptors (Lipinski definition) is 1. The van der Waals surface area contributed by atoms with Crippen LogP contribution in [0.4, 0.5) is 0 Å². The Balaban J connectivity index is 2.54. The summed E-state index contributed by atoms with van der Waals surface area (Å²) in [6.07, 6.45) is 1.29. The third-order valence-electron chi connectivity index (χ3n) is 2.53. The Hall–Kier alpha value is -0.300. The first-order valence-corrected chi connectivity index (χ1v) is 4.50. The van der Waals surface area contributed by atoms with Gasteiger partial charge in [0, 0.05) is 19.1 Å². The number of allylic oxidation sites excluding steroid dienone is 1. The molecule has 1 heterocycles. The summed E-state index contributed by atoms with van der Waals surface area (Å²) in [6, 6.07) is 0.715. The molecule has 0 N–H and O–H groups in total. The van der Waals surface area contributed by atoms with E-state index in [2.05, 4.69) is 32.6 Å². The second-order valence-corrected chi connectivity index (χ2v) is 3.92. The zero-order chi connectivity index (χ0) is 8.43. The summed E-state index contributed by atoms with van der Waals surface area (Å²) in [7, 11) is 0.